The van der Waals surface area contributed by atoms with Crippen molar-refractivity contribution < 1.29 is 15.0 Å². The Balaban J connectivity index is 2.23. The van der Waals surface area contributed by atoms with Crippen LogP contribution in [0.15, 0.2) is 0 Å². The van der Waals surface area contributed by atoms with Gasteiger partial charge in [0.15, 0.2) is 0 Å². The van der Waals surface area contributed by atoms with Gasteiger partial charge in [0.2, 0.25) is 0 Å². The summed E-state index contributed by atoms with van der Waals surface area (Å²) in [6.07, 6.45) is 2.47. The highest BCUT2D eigenvalue weighted by molar-refractivity contribution is 7.99. The Bertz CT molecular complexity index is 297. The van der Waals surface area contributed by atoms with Crippen LogP contribution in [-0.4, -0.2) is 33.3 Å². The summed E-state index contributed by atoms with van der Waals surface area (Å²) in [5, 5.41) is 20.1. The molecule has 0 aromatic heterocycles. The molecule has 1 saturated heterocycles. The molecule has 2 N–H and O–H groups in total. The van der Waals surface area contributed by atoms with Crippen molar-refractivity contribution in [2.75, 3.05) is 11.5 Å². The summed E-state index contributed by atoms with van der Waals surface area (Å²) in [5.74, 6) is 0.912. The molecule has 2 fully saturated rings. The second-order valence-corrected chi connectivity index (χ2v) is 7.27. The molecule has 2 aliphatic rings. The molecule has 0 radical (unpaired) electrons. The van der Waals surface area contributed by atoms with Crippen molar-refractivity contribution in [2.24, 2.45) is 10.8 Å². The lowest BCUT2D eigenvalue weighted by atomic mass is 9.50. The molecule has 0 unspecified atom stereocenters. The fourth-order valence-electron chi connectivity index (χ4n) is 3.47. The number of aliphatic carboxylic acids is 1. The average Bonchev–Trinajstić information content (AvgIpc) is 2.15. The van der Waals surface area contributed by atoms with E-state index in [1.807, 2.05) is 0 Å². The summed E-state index contributed by atoms with van der Waals surface area (Å²) < 4.78 is 0. The third-order valence-electron chi connectivity index (χ3n) is 4.19. The van der Waals surface area contributed by atoms with Crippen LogP contribution in [0.5, 0.6) is 0 Å². The minimum atomic E-state index is -0.969. The topological polar surface area (TPSA) is 57.5 Å². The molecule has 2 rings (SSSR count). The normalized spacial score (nSPS) is 30.4. The second-order valence-electron chi connectivity index (χ2n) is 6.05. The maximum Gasteiger partial charge on any atom is 0.312 e. The van der Waals surface area contributed by atoms with E-state index < -0.39 is 17.0 Å². The van der Waals surface area contributed by atoms with Gasteiger partial charge in [-0.15, -0.1) is 0 Å². The van der Waals surface area contributed by atoms with E-state index in [-0.39, 0.29) is 5.41 Å². The predicted molar refractivity (Wildman–Crippen MR) is 64.6 cm³/mol. The van der Waals surface area contributed by atoms with Gasteiger partial charge >= 0.3 is 5.97 Å². The van der Waals surface area contributed by atoms with Gasteiger partial charge in [-0.05, 0) is 42.6 Å². The minimum absolute atomic E-state index is 0.0990. The second kappa shape index (κ2) is 3.64. The fourth-order valence-corrected chi connectivity index (χ4v) is 4.66. The Morgan fingerprint density at radius 2 is 1.69 bits per heavy atom. The van der Waals surface area contributed by atoms with E-state index in [1.54, 1.807) is 11.8 Å². The van der Waals surface area contributed by atoms with E-state index in [9.17, 15) is 15.0 Å². The molecule has 3 nitrogen and oxygen atoms in total. The van der Waals surface area contributed by atoms with E-state index in [1.165, 1.54) is 0 Å². The molecular formula is C12H20O3S. The minimum Gasteiger partial charge on any atom is -0.481 e. The molecular weight excluding hydrogens is 224 g/mol. The SMILES string of the molecule is CC1(C)CC(O)(C2(C(=O)O)CCSCC2)C1. The van der Waals surface area contributed by atoms with Crippen molar-refractivity contribution in [1.29, 1.82) is 0 Å². The van der Waals surface area contributed by atoms with Gasteiger partial charge in [-0.2, -0.15) is 11.8 Å². The van der Waals surface area contributed by atoms with Crippen LogP contribution in [0.25, 0.3) is 0 Å². The van der Waals surface area contributed by atoms with Crippen LogP contribution in [-0.2, 0) is 4.79 Å². The molecule has 16 heavy (non-hydrogen) atoms. The molecule has 1 saturated carbocycles. The molecule has 92 valence electrons. The van der Waals surface area contributed by atoms with E-state index >= 15 is 0 Å². The largest absolute Gasteiger partial charge is 0.481 e. The lowest BCUT2D eigenvalue weighted by molar-refractivity contribution is -0.212. The van der Waals surface area contributed by atoms with Gasteiger partial charge in [-0.25, -0.2) is 0 Å². The van der Waals surface area contributed by atoms with E-state index in [2.05, 4.69) is 13.8 Å². The molecule has 0 aromatic rings. The number of hydrogen-bond acceptors (Lipinski definition) is 3. The van der Waals surface area contributed by atoms with E-state index in [4.69, 9.17) is 0 Å². The number of carbonyl (C=O) groups is 1. The Hall–Kier alpha value is -0.220. The third kappa shape index (κ3) is 1.66. The summed E-state index contributed by atoms with van der Waals surface area (Å²) in [5.41, 5.74) is -1.75. The van der Waals surface area contributed by atoms with Crippen molar-refractivity contribution in [3.05, 3.63) is 0 Å². The van der Waals surface area contributed by atoms with Crippen LogP contribution in [0, 0.1) is 10.8 Å². The lowest BCUT2D eigenvalue weighted by Gasteiger charge is -2.58. The summed E-state index contributed by atoms with van der Waals surface area (Å²) in [7, 11) is 0. The highest BCUT2D eigenvalue weighted by atomic mass is 32.2. The zero-order valence-corrected chi connectivity index (χ0v) is 10.8. The molecule has 1 aliphatic heterocycles. The van der Waals surface area contributed by atoms with Crippen LogP contribution < -0.4 is 0 Å². The standard InChI is InChI=1S/C12H20O3S/c1-10(2)7-12(15,8-10)11(9(13)14)3-5-16-6-4-11/h15H,3-8H2,1-2H3,(H,13,14). The molecule has 0 atom stereocenters. The van der Waals surface area contributed by atoms with E-state index in [0.29, 0.717) is 25.7 Å². The van der Waals surface area contributed by atoms with Crippen molar-refractivity contribution >= 4 is 17.7 Å². The van der Waals surface area contributed by atoms with Gasteiger partial charge in [0.05, 0.1) is 11.0 Å². The van der Waals surface area contributed by atoms with Gasteiger partial charge in [-0.3, -0.25) is 4.79 Å². The Morgan fingerprint density at radius 3 is 2.06 bits per heavy atom. The fraction of sp³-hybridized carbons (Fsp3) is 0.917. The predicted octanol–water partition coefficient (Wildman–Crippen LogP) is 2.14. The highest BCUT2D eigenvalue weighted by Crippen LogP contribution is 2.59. The number of aliphatic hydroxyl groups is 1. The molecule has 4 heteroatoms. The van der Waals surface area contributed by atoms with Crippen molar-refractivity contribution in [2.45, 2.75) is 45.1 Å². The first-order valence-electron chi connectivity index (χ1n) is 5.85. The number of carboxylic acid groups (broad SMARTS) is 1. The van der Waals surface area contributed by atoms with Gasteiger partial charge < -0.3 is 10.2 Å². The van der Waals surface area contributed by atoms with E-state index in [0.717, 1.165) is 11.5 Å². The molecule has 0 amide bonds. The maximum absolute atomic E-state index is 11.6. The number of rotatable bonds is 2. The van der Waals surface area contributed by atoms with Crippen LogP contribution in [0.1, 0.15) is 39.5 Å². The first-order valence-corrected chi connectivity index (χ1v) is 7.00. The highest BCUT2D eigenvalue weighted by Gasteiger charge is 2.63. The van der Waals surface area contributed by atoms with Crippen LogP contribution in [0.2, 0.25) is 0 Å². The van der Waals surface area contributed by atoms with Crippen molar-refractivity contribution in [3.8, 4) is 0 Å². The lowest BCUT2D eigenvalue weighted by Crippen LogP contribution is -2.64. The summed E-state index contributed by atoms with van der Waals surface area (Å²) in [4.78, 5) is 11.6. The molecule has 1 heterocycles. The van der Waals surface area contributed by atoms with Crippen LogP contribution in [0.4, 0.5) is 0 Å². The summed E-state index contributed by atoms with van der Waals surface area (Å²) in [6, 6.07) is 0. The Kier molecular flexibility index (Phi) is 2.78. The first kappa shape index (κ1) is 12.2. The monoisotopic (exact) mass is 244 g/mol. The van der Waals surface area contributed by atoms with Crippen molar-refractivity contribution in [1.82, 2.24) is 0 Å². The quantitative estimate of drug-likeness (QED) is 0.781. The third-order valence-corrected chi connectivity index (χ3v) is 5.17. The summed E-state index contributed by atoms with van der Waals surface area (Å²) >= 11 is 1.79. The zero-order chi connectivity index (χ0) is 12.0. The molecule has 0 aromatic carbocycles. The van der Waals surface area contributed by atoms with Crippen LogP contribution in [0.3, 0.4) is 0 Å². The number of thioether (sulfide) groups is 1. The molecule has 0 bridgehead atoms. The maximum atomic E-state index is 11.6. The smallest absolute Gasteiger partial charge is 0.312 e. The van der Waals surface area contributed by atoms with Crippen molar-refractivity contribution in [3.63, 3.8) is 0 Å². The van der Waals surface area contributed by atoms with Gasteiger partial charge in [-0.1, -0.05) is 13.8 Å². The van der Waals surface area contributed by atoms with Gasteiger partial charge in [0, 0.05) is 0 Å². The first-order chi connectivity index (χ1) is 7.31. The number of hydrogen-bond donors (Lipinski definition) is 2. The molecule has 0 spiro atoms. The average molecular weight is 244 g/mol. The number of carboxylic acids is 1. The summed E-state index contributed by atoms with van der Waals surface area (Å²) in [6.45, 7) is 4.18. The Morgan fingerprint density at radius 1 is 1.19 bits per heavy atom. The van der Waals surface area contributed by atoms with Crippen LogP contribution >= 0.6 is 11.8 Å². The zero-order valence-electron chi connectivity index (χ0n) is 9.95. The van der Waals surface area contributed by atoms with Gasteiger partial charge in [0.1, 0.15) is 0 Å². The molecule has 1 aliphatic carbocycles. The Labute approximate surface area is 101 Å². The van der Waals surface area contributed by atoms with Gasteiger partial charge in [0.25, 0.3) is 0 Å².